The zero-order valence-electron chi connectivity index (χ0n) is 18.5. The molecule has 1 N–H and O–H groups in total. The molecule has 0 saturated carbocycles. The molecule has 1 aliphatic heterocycles. The minimum atomic E-state index is 0.378. The van der Waals surface area contributed by atoms with E-state index in [-0.39, 0.29) is 0 Å². The largest absolute Gasteiger partial charge is 0.493 e. The topological polar surface area (TPSA) is 46.6 Å². The summed E-state index contributed by atoms with van der Waals surface area (Å²) in [4.78, 5) is 7.04. The van der Waals surface area contributed by atoms with Gasteiger partial charge in [-0.2, -0.15) is 0 Å². The van der Waals surface area contributed by atoms with E-state index >= 15 is 0 Å². The third-order valence-electron chi connectivity index (χ3n) is 5.71. The highest BCUT2D eigenvalue weighted by Gasteiger charge is 2.21. The molecule has 1 fully saturated rings. The summed E-state index contributed by atoms with van der Waals surface area (Å²) in [5, 5.41) is 6.38. The highest BCUT2D eigenvalue weighted by molar-refractivity contribution is 9.10. The molecule has 1 aliphatic rings. The standard InChI is InChI=1S/C25H29BrClN3O2/c1-3-31-21-13-17(14-22(24(21)26)32-4-2)16-30-11-9-19(10-12-30)28-25-20-8-6-5-7-18(20)15-23(27)29-25/h5-8,13-15,19H,3-4,9-12,16H2,1-2H3,(H,28,29). The lowest BCUT2D eigenvalue weighted by atomic mass is 10.0. The minimum absolute atomic E-state index is 0.378. The number of pyridine rings is 1. The lowest BCUT2D eigenvalue weighted by Gasteiger charge is -2.33. The minimum Gasteiger partial charge on any atom is -0.493 e. The Morgan fingerprint density at radius 2 is 1.72 bits per heavy atom. The first-order valence-corrected chi connectivity index (χ1v) is 12.4. The van der Waals surface area contributed by atoms with Crippen molar-refractivity contribution in [1.29, 1.82) is 0 Å². The van der Waals surface area contributed by atoms with Crippen LogP contribution < -0.4 is 14.8 Å². The van der Waals surface area contributed by atoms with E-state index in [1.165, 1.54) is 5.56 Å². The Balaban J connectivity index is 1.41. The molecule has 7 heteroatoms. The lowest BCUT2D eigenvalue weighted by Crippen LogP contribution is -2.38. The number of halogens is 2. The van der Waals surface area contributed by atoms with Crippen LogP contribution in [0.3, 0.4) is 0 Å². The highest BCUT2D eigenvalue weighted by atomic mass is 79.9. The number of anilines is 1. The number of rotatable bonds is 8. The number of aromatic nitrogens is 1. The van der Waals surface area contributed by atoms with Crippen LogP contribution in [0.15, 0.2) is 46.9 Å². The molecule has 170 valence electrons. The Morgan fingerprint density at radius 1 is 1.06 bits per heavy atom. The molecule has 4 rings (SSSR count). The summed E-state index contributed by atoms with van der Waals surface area (Å²) in [5.41, 5.74) is 1.20. The van der Waals surface area contributed by atoms with Crippen LogP contribution in [0.2, 0.25) is 5.15 Å². The van der Waals surface area contributed by atoms with Gasteiger partial charge in [0.25, 0.3) is 0 Å². The molecule has 0 spiro atoms. The fraction of sp³-hybridized carbons (Fsp3) is 0.400. The smallest absolute Gasteiger partial charge is 0.137 e. The second-order valence-electron chi connectivity index (χ2n) is 7.98. The summed E-state index contributed by atoms with van der Waals surface area (Å²) in [6.07, 6.45) is 2.10. The van der Waals surface area contributed by atoms with Crippen LogP contribution in [0.25, 0.3) is 10.8 Å². The fourth-order valence-corrected chi connectivity index (χ4v) is 4.86. The van der Waals surface area contributed by atoms with E-state index in [0.29, 0.717) is 24.4 Å². The van der Waals surface area contributed by atoms with Crippen LogP contribution in [0.5, 0.6) is 11.5 Å². The van der Waals surface area contributed by atoms with Gasteiger partial charge in [-0.1, -0.05) is 35.9 Å². The number of piperidine rings is 1. The molecule has 2 heterocycles. The first kappa shape index (κ1) is 23.1. The number of benzene rings is 2. The van der Waals surface area contributed by atoms with Gasteiger partial charge < -0.3 is 14.8 Å². The molecular formula is C25H29BrClN3O2. The van der Waals surface area contributed by atoms with Crippen molar-refractivity contribution in [2.75, 3.05) is 31.6 Å². The first-order valence-electron chi connectivity index (χ1n) is 11.2. The summed E-state index contributed by atoms with van der Waals surface area (Å²) >= 11 is 9.87. The Bertz CT molecular complexity index is 1040. The number of likely N-dealkylation sites (tertiary alicyclic amines) is 1. The molecule has 0 bridgehead atoms. The van der Waals surface area contributed by atoms with E-state index < -0.39 is 0 Å². The van der Waals surface area contributed by atoms with Crippen molar-refractivity contribution in [3.05, 3.63) is 57.7 Å². The van der Waals surface area contributed by atoms with Gasteiger partial charge in [0.05, 0.1) is 13.2 Å². The van der Waals surface area contributed by atoms with Crippen LogP contribution in [0.4, 0.5) is 5.82 Å². The van der Waals surface area contributed by atoms with E-state index in [0.717, 1.165) is 65.0 Å². The monoisotopic (exact) mass is 517 g/mol. The van der Waals surface area contributed by atoms with Gasteiger partial charge in [-0.3, -0.25) is 4.90 Å². The van der Waals surface area contributed by atoms with E-state index in [1.54, 1.807) is 0 Å². The maximum atomic E-state index is 6.25. The molecule has 2 aromatic carbocycles. The van der Waals surface area contributed by atoms with Gasteiger partial charge in [0.2, 0.25) is 0 Å². The van der Waals surface area contributed by atoms with E-state index in [9.17, 15) is 0 Å². The average molecular weight is 519 g/mol. The molecule has 0 aliphatic carbocycles. The number of ether oxygens (including phenoxy) is 2. The zero-order valence-corrected chi connectivity index (χ0v) is 20.9. The molecule has 32 heavy (non-hydrogen) atoms. The Morgan fingerprint density at radius 3 is 2.38 bits per heavy atom. The molecule has 0 radical (unpaired) electrons. The number of nitrogens with one attached hydrogen (secondary N) is 1. The van der Waals surface area contributed by atoms with Gasteiger partial charge in [-0.15, -0.1) is 0 Å². The molecule has 3 aromatic rings. The van der Waals surface area contributed by atoms with Crippen LogP contribution >= 0.6 is 27.5 Å². The number of hydrogen-bond acceptors (Lipinski definition) is 5. The van der Waals surface area contributed by atoms with Gasteiger partial charge in [-0.05, 0) is 71.8 Å². The first-order chi connectivity index (χ1) is 15.6. The second-order valence-corrected chi connectivity index (χ2v) is 9.16. The van der Waals surface area contributed by atoms with Crippen LogP contribution in [-0.4, -0.2) is 42.2 Å². The summed E-state index contributed by atoms with van der Waals surface area (Å²) in [6, 6.07) is 14.7. The average Bonchev–Trinajstić information content (AvgIpc) is 2.78. The second kappa shape index (κ2) is 10.7. The van der Waals surface area contributed by atoms with E-state index in [2.05, 4.69) is 55.4 Å². The van der Waals surface area contributed by atoms with Crippen molar-refractivity contribution >= 4 is 44.1 Å². The summed E-state index contributed by atoms with van der Waals surface area (Å²) in [6.45, 7) is 8.14. The Hall–Kier alpha value is -2.02. The van der Waals surface area contributed by atoms with Crippen LogP contribution in [0.1, 0.15) is 32.3 Å². The van der Waals surface area contributed by atoms with Crippen LogP contribution in [0, 0.1) is 0 Å². The van der Waals surface area contributed by atoms with Crippen molar-refractivity contribution in [2.24, 2.45) is 0 Å². The van der Waals surface area contributed by atoms with Crippen molar-refractivity contribution < 1.29 is 9.47 Å². The fourth-order valence-electron chi connectivity index (χ4n) is 4.20. The molecule has 5 nitrogen and oxygen atoms in total. The maximum absolute atomic E-state index is 6.25. The SMILES string of the molecule is CCOc1cc(CN2CCC(Nc3nc(Cl)cc4ccccc34)CC2)cc(OCC)c1Br. The normalized spacial score (nSPS) is 15.1. The number of hydrogen-bond donors (Lipinski definition) is 1. The van der Waals surface area contributed by atoms with Crippen LogP contribution in [-0.2, 0) is 6.54 Å². The summed E-state index contributed by atoms with van der Waals surface area (Å²) < 4.78 is 12.5. The third-order valence-corrected chi connectivity index (χ3v) is 6.68. The predicted molar refractivity (Wildman–Crippen MR) is 135 cm³/mol. The zero-order chi connectivity index (χ0) is 22.5. The van der Waals surface area contributed by atoms with E-state index in [1.807, 2.05) is 32.0 Å². The molecular weight excluding hydrogens is 490 g/mol. The highest BCUT2D eigenvalue weighted by Crippen LogP contribution is 2.37. The quantitative estimate of drug-likeness (QED) is 0.344. The van der Waals surface area contributed by atoms with Gasteiger partial charge in [0.15, 0.2) is 0 Å². The van der Waals surface area contributed by atoms with Gasteiger partial charge >= 0.3 is 0 Å². The van der Waals surface area contributed by atoms with Crippen molar-refractivity contribution in [3.63, 3.8) is 0 Å². The number of nitrogens with zero attached hydrogens (tertiary/aromatic N) is 2. The molecule has 0 amide bonds. The maximum Gasteiger partial charge on any atom is 0.137 e. The third kappa shape index (κ3) is 5.48. The summed E-state index contributed by atoms with van der Waals surface area (Å²) in [5.74, 6) is 2.55. The van der Waals surface area contributed by atoms with Gasteiger partial charge in [0.1, 0.15) is 26.9 Å². The van der Waals surface area contributed by atoms with Gasteiger partial charge in [-0.25, -0.2) is 4.98 Å². The predicted octanol–water partition coefficient (Wildman–Crippen LogP) is 6.52. The molecule has 1 saturated heterocycles. The molecule has 0 unspecified atom stereocenters. The molecule has 0 atom stereocenters. The van der Waals surface area contributed by atoms with E-state index in [4.69, 9.17) is 21.1 Å². The van der Waals surface area contributed by atoms with Crippen molar-refractivity contribution in [2.45, 2.75) is 39.3 Å². The summed E-state index contributed by atoms with van der Waals surface area (Å²) in [7, 11) is 0. The van der Waals surface area contributed by atoms with Crippen molar-refractivity contribution in [3.8, 4) is 11.5 Å². The van der Waals surface area contributed by atoms with Gasteiger partial charge in [0, 0.05) is 31.1 Å². The number of fused-ring (bicyclic) bond motifs is 1. The lowest BCUT2D eigenvalue weighted by molar-refractivity contribution is 0.210. The Kier molecular flexibility index (Phi) is 7.76. The Labute approximate surface area is 203 Å². The van der Waals surface area contributed by atoms with Crippen molar-refractivity contribution in [1.82, 2.24) is 9.88 Å². The molecule has 1 aromatic heterocycles.